The first-order valence-corrected chi connectivity index (χ1v) is 9.71. The van der Waals surface area contributed by atoms with E-state index in [0.717, 1.165) is 4.70 Å². The monoisotopic (exact) mass is 424 g/mol. The number of fused-ring (bicyclic) bond motifs is 1. The molecule has 0 aliphatic carbocycles. The Labute approximate surface area is 169 Å². The van der Waals surface area contributed by atoms with E-state index >= 15 is 0 Å². The minimum absolute atomic E-state index is 0.350. The molecule has 1 amide bonds. The van der Waals surface area contributed by atoms with Crippen molar-refractivity contribution in [2.45, 2.75) is 26.1 Å². The van der Waals surface area contributed by atoms with Crippen LogP contribution >= 0.6 is 11.3 Å². The van der Waals surface area contributed by atoms with Gasteiger partial charge in [-0.25, -0.2) is 4.98 Å². The summed E-state index contributed by atoms with van der Waals surface area (Å²) < 4.78 is 48.6. The van der Waals surface area contributed by atoms with Crippen molar-refractivity contribution in [2.24, 2.45) is 0 Å². The van der Waals surface area contributed by atoms with Gasteiger partial charge in [0.15, 0.2) is 5.13 Å². The Morgan fingerprint density at radius 1 is 1.17 bits per heavy atom. The standard InChI is InChI=1S/C20H19F3N2O3S/c1-3-27-15-10-8-14(9-11-15)25(18(26)13(2)28-12-20(21,22)23)19-24-16-6-4-5-7-17(16)29-19/h4-11,13H,3,12H2,1-2H3. The second-order valence-electron chi connectivity index (χ2n) is 6.13. The topological polar surface area (TPSA) is 51.7 Å². The van der Waals surface area contributed by atoms with Crippen molar-refractivity contribution in [3.63, 3.8) is 0 Å². The molecule has 0 fully saturated rings. The van der Waals surface area contributed by atoms with Gasteiger partial charge < -0.3 is 9.47 Å². The highest BCUT2D eigenvalue weighted by molar-refractivity contribution is 7.22. The summed E-state index contributed by atoms with van der Waals surface area (Å²) in [5, 5.41) is 0.350. The Morgan fingerprint density at radius 3 is 2.48 bits per heavy atom. The SMILES string of the molecule is CCOc1ccc(N(C(=O)C(C)OCC(F)(F)F)c2nc3ccccc3s2)cc1. The molecule has 0 spiro atoms. The smallest absolute Gasteiger partial charge is 0.411 e. The van der Waals surface area contributed by atoms with Crippen LogP contribution < -0.4 is 9.64 Å². The molecular weight excluding hydrogens is 405 g/mol. The van der Waals surface area contributed by atoms with E-state index in [1.165, 1.54) is 23.2 Å². The quantitative estimate of drug-likeness (QED) is 0.515. The Bertz CT molecular complexity index is 940. The minimum atomic E-state index is -4.52. The first-order valence-electron chi connectivity index (χ1n) is 8.89. The van der Waals surface area contributed by atoms with Crippen LogP contribution in [0.1, 0.15) is 13.8 Å². The predicted molar refractivity (Wildman–Crippen MR) is 106 cm³/mol. The lowest BCUT2D eigenvalue weighted by molar-refractivity contribution is -0.184. The van der Waals surface area contributed by atoms with Crippen LogP contribution in [0.15, 0.2) is 48.5 Å². The van der Waals surface area contributed by atoms with Crippen molar-refractivity contribution in [1.29, 1.82) is 0 Å². The second kappa shape index (κ2) is 8.79. The molecule has 9 heteroatoms. The first-order chi connectivity index (χ1) is 13.8. The van der Waals surface area contributed by atoms with E-state index in [1.807, 2.05) is 25.1 Å². The fourth-order valence-corrected chi connectivity index (χ4v) is 3.61. The number of ether oxygens (including phenoxy) is 2. The van der Waals surface area contributed by atoms with Gasteiger partial charge in [-0.1, -0.05) is 23.5 Å². The third kappa shape index (κ3) is 5.24. The van der Waals surface area contributed by atoms with E-state index in [2.05, 4.69) is 4.98 Å². The van der Waals surface area contributed by atoms with Gasteiger partial charge in [0.25, 0.3) is 5.91 Å². The van der Waals surface area contributed by atoms with Crippen LogP contribution in [0.3, 0.4) is 0 Å². The van der Waals surface area contributed by atoms with Crippen molar-refractivity contribution < 1.29 is 27.4 Å². The number of alkyl halides is 3. The predicted octanol–water partition coefficient (Wildman–Crippen LogP) is 5.33. The van der Waals surface area contributed by atoms with E-state index in [0.29, 0.717) is 28.7 Å². The van der Waals surface area contributed by atoms with Gasteiger partial charge in [0.2, 0.25) is 0 Å². The Hall–Kier alpha value is -2.65. The number of benzene rings is 2. The van der Waals surface area contributed by atoms with Gasteiger partial charge in [-0.05, 0) is 50.2 Å². The van der Waals surface area contributed by atoms with E-state index in [1.54, 1.807) is 30.3 Å². The van der Waals surface area contributed by atoms with Crippen LogP contribution in [0.25, 0.3) is 10.2 Å². The molecule has 0 N–H and O–H groups in total. The molecule has 0 saturated heterocycles. The van der Waals surface area contributed by atoms with Crippen LogP contribution in [0.2, 0.25) is 0 Å². The Kier molecular flexibility index (Phi) is 6.39. The summed E-state index contributed by atoms with van der Waals surface area (Å²) in [5.74, 6) is -0.0215. The highest BCUT2D eigenvalue weighted by Crippen LogP contribution is 2.35. The lowest BCUT2D eigenvalue weighted by Gasteiger charge is -2.24. The zero-order valence-corrected chi connectivity index (χ0v) is 16.6. The molecule has 1 atom stereocenters. The van der Waals surface area contributed by atoms with Gasteiger partial charge >= 0.3 is 6.18 Å². The number of nitrogens with zero attached hydrogens (tertiary/aromatic N) is 2. The number of anilines is 2. The van der Waals surface area contributed by atoms with Gasteiger partial charge in [-0.15, -0.1) is 0 Å². The molecule has 1 unspecified atom stereocenters. The first kappa shape index (κ1) is 21.1. The summed E-state index contributed by atoms with van der Waals surface area (Å²) in [6.45, 7) is 2.13. The maximum absolute atomic E-state index is 13.0. The summed E-state index contributed by atoms with van der Waals surface area (Å²) in [6.07, 6.45) is -5.83. The number of thiazole rings is 1. The van der Waals surface area contributed by atoms with Crippen molar-refractivity contribution in [3.05, 3.63) is 48.5 Å². The minimum Gasteiger partial charge on any atom is -0.494 e. The maximum atomic E-state index is 13.0. The third-order valence-corrected chi connectivity index (χ3v) is 4.97. The number of hydrogen-bond acceptors (Lipinski definition) is 5. The van der Waals surface area contributed by atoms with Gasteiger partial charge in [-0.2, -0.15) is 13.2 Å². The highest BCUT2D eigenvalue weighted by Gasteiger charge is 2.32. The summed E-state index contributed by atoms with van der Waals surface area (Å²) in [6, 6.07) is 14.0. The zero-order chi connectivity index (χ0) is 21.0. The van der Waals surface area contributed by atoms with Gasteiger partial charge in [0.1, 0.15) is 18.5 Å². The molecule has 3 rings (SSSR count). The van der Waals surface area contributed by atoms with Crippen molar-refractivity contribution in [3.8, 4) is 5.75 Å². The van der Waals surface area contributed by atoms with E-state index in [4.69, 9.17) is 9.47 Å². The lowest BCUT2D eigenvalue weighted by Crippen LogP contribution is -2.37. The molecular formula is C20H19F3N2O3S. The highest BCUT2D eigenvalue weighted by atomic mass is 32.1. The van der Waals surface area contributed by atoms with E-state index in [9.17, 15) is 18.0 Å². The summed E-state index contributed by atoms with van der Waals surface area (Å²) in [5.41, 5.74) is 1.15. The van der Waals surface area contributed by atoms with Gasteiger partial charge in [0.05, 0.1) is 22.5 Å². The summed E-state index contributed by atoms with van der Waals surface area (Å²) >= 11 is 1.27. The number of halogens is 3. The Balaban J connectivity index is 1.95. The van der Waals surface area contributed by atoms with Crippen LogP contribution in [0.5, 0.6) is 5.75 Å². The van der Waals surface area contributed by atoms with E-state index in [-0.39, 0.29) is 0 Å². The molecule has 0 radical (unpaired) electrons. The number of amides is 1. The van der Waals surface area contributed by atoms with Crippen LogP contribution in [-0.4, -0.2) is 36.4 Å². The van der Waals surface area contributed by atoms with Crippen LogP contribution in [-0.2, 0) is 9.53 Å². The largest absolute Gasteiger partial charge is 0.494 e. The second-order valence-corrected chi connectivity index (χ2v) is 7.14. The van der Waals surface area contributed by atoms with Crippen LogP contribution in [0, 0.1) is 0 Å². The molecule has 1 aromatic heterocycles. The van der Waals surface area contributed by atoms with Crippen molar-refractivity contribution >= 4 is 38.3 Å². The molecule has 29 heavy (non-hydrogen) atoms. The average Bonchev–Trinajstić information content (AvgIpc) is 3.10. The summed E-state index contributed by atoms with van der Waals surface area (Å²) in [7, 11) is 0. The number of para-hydroxylation sites is 1. The van der Waals surface area contributed by atoms with Crippen molar-refractivity contribution in [2.75, 3.05) is 18.1 Å². The third-order valence-electron chi connectivity index (χ3n) is 3.94. The molecule has 3 aromatic rings. The Morgan fingerprint density at radius 2 is 1.86 bits per heavy atom. The molecule has 0 aliphatic heterocycles. The van der Waals surface area contributed by atoms with Crippen molar-refractivity contribution in [1.82, 2.24) is 4.98 Å². The van der Waals surface area contributed by atoms with Gasteiger partial charge in [0, 0.05) is 0 Å². The molecule has 1 heterocycles. The number of rotatable bonds is 7. The fourth-order valence-electron chi connectivity index (χ4n) is 2.62. The molecule has 5 nitrogen and oxygen atoms in total. The number of aromatic nitrogens is 1. The van der Waals surface area contributed by atoms with Gasteiger partial charge in [-0.3, -0.25) is 9.69 Å². The molecule has 154 valence electrons. The number of carbonyl (C=O) groups excluding carboxylic acids is 1. The zero-order valence-electron chi connectivity index (χ0n) is 15.8. The molecule has 0 aliphatic rings. The summed E-state index contributed by atoms with van der Waals surface area (Å²) in [4.78, 5) is 18.8. The maximum Gasteiger partial charge on any atom is 0.411 e. The van der Waals surface area contributed by atoms with Crippen LogP contribution in [0.4, 0.5) is 24.0 Å². The molecule has 0 bridgehead atoms. The number of hydrogen-bond donors (Lipinski definition) is 0. The molecule has 2 aromatic carbocycles. The molecule has 0 saturated carbocycles. The number of carbonyl (C=O) groups is 1. The average molecular weight is 424 g/mol. The van der Waals surface area contributed by atoms with E-state index < -0.39 is 24.8 Å². The fraction of sp³-hybridized carbons (Fsp3) is 0.300. The normalized spacial score (nSPS) is 12.7. The lowest BCUT2D eigenvalue weighted by atomic mass is 10.2.